The monoisotopic (exact) mass is 398 g/mol. The highest BCUT2D eigenvalue weighted by Crippen LogP contribution is 2.40. The fraction of sp³-hybridized carbons (Fsp3) is 0.250. The number of benzene rings is 2. The Balaban J connectivity index is 1.95. The highest BCUT2D eigenvalue weighted by Gasteiger charge is 2.31. The van der Waals surface area contributed by atoms with Crippen molar-refractivity contribution in [2.45, 2.75) is 19.3 Å². The molecule has 4 nitrogen and oxygen atoms in total. The summed E-state index contributed by atoms with van der Waals surface area (Å²) in [4.78, 5) is 15.1. The second-order valence-electron chi connectivity index (χ2n) is 6.47. The van der Waals surface area contributed by atoms with Crippen LogP contribution in [0.5, 0.6) is 5.75 Å². The molecule has 2 aromatic rings. The van der Waals surface area contributed by atoms with E-state index in [0.717, 1.165) is 52.9 Å². The van der Waals surface area contributed by atoms with E-state index in [9.17, 15) is 9.90 Å². The van der Waals surface area contributed by atoms with Crippen LogP contribution >= 0.6 is 15.9 Å². The standard InChI is InChI=1S/C20H19BrN2O2/c21-14-7-8-17-16(12-14)18(20(25)22-17)19(23-9-2-1-3-10-23)13-5-4-6-15(24)11-13/h4-8,11-12,24H,1-3,9-10H2,(H,22,25)/b19-18-. The number of likely N-dealkylation sites (tertiary alicyclic amines) is 1. The molecule has 25 heavy (non-hydrogen) atoms. The number of phenols is 1. The van der Waals surface area contributed by atoms with Gasteiger partial charge in [-0.25, -0.2) is 0 Å². The van der Waals surface area contributed by atoms with Crippen molar-refractivity contribution in [3.63, 3.8) is 0 Å². The molecule has 1 saturated heterocycles. The lowest BCUT2D eigenvalue weighted by Crippen LogP contribution is -2.29. The summed E-state index contributed by atoms with van der Waals surface area (Å²) < 4.78 is 0.939. The highest BCUT2D eigenvalue weighted by atomic mass is 79.9. The summed E-state index contributed by atoms with van der Waals surface area (Å²) in [5.41, 5.74) is 4.20. The van der Waals surface area contributed by atoms with E-state index in [4.69, 9.17) is 0 Å². The van der Waals surface area contributed by atoms with Gasteiger partial charge in [0.05, 0.1) is 11.3 Å². The zero-order valence-electron chi connectivity index (χ0n) is 13.8. The number of piperidine rings is 1. The van der Waals surface area contributed by atoms with Crippen LogP contribution in [0.3, 0.4) is 0 Å². The lowest BCUT2D eigenvalue weighted by molar-refractivity contribution is -0.110. The number of halogens is 1. The summed E-state index contributed by atoms with van der Waals surface area (Å²) in [6, 6.07) is 13.0. The Kier molecular flexibility index (Phi) is 4.25. The first-order valence-electron chi connectivity index (χ1n) is 8.53. The second kappa shape index (κ2) is 6.56. The topological polar surface area (TPSA) is 52.6 Å². The van der Waals surface area contributed by atoms with Crippen molar-refractivity contribution in [2.24, 2.45) is 0 Å². The molecule has 0 aromatic heterocycles. The van der Waals surface area contributed by atoms with E-state index in [-0.39, 0.29) is 11.7 Å². The molecule has 0 unspecified atom stereocenters. The van der Waals surface area contributed by atoms with E-state index >= 15 is 0 Å². The SMILES string of the molecule is O=C1Nc2ccc(Br)cc2/C1=C(\c1cccc(O)c1)N1CCCCC1. The van der Waals surface area contributed by atoms with Crippen molar-refractivity contribution in [1.82, 2.24) is 4.90 Å². The maximum atomic E-state index is 12.8. The van der Waals surface area contributed by atoms with Gasteiger partial charge in [0.25, 0.3) is 5.91 Å². The van der Waals surface area contributed by atoms with E-state index in [1.807, 2.05) is 30.3 Å². The zero-order chi connectivity index (χ0) is 17.4. The van der Waals surface area contributed by atoms with Gasteiger partial charge < -0.3 is 15.3 Å². The van der Waals surface area contributed by atoms with Crippen molar-refractivity contribution in [3.8, 4) is 5.75 Å². The largest absolute Gasteiger partial charge is 0.508 e. The number of aromatic hydroxyl groups is 1. The van der Waals surface area contributed by atoms with Crippen LogP contribution < -0.4 is 5.32 Å². The normalized spacial score (nSPS) is 18.8. The summed E-state index contributed by atoms with van der Waals surface area (Å²) in [6.07, 6.45) is 3.44. The lowest BCUT2D eigenvalue weighted by Gasteiger charge is -2.32. The first-order valence-corrected chi connectivity index (χ1v) is 9.33. The number of anilines is 1. The Hall–Kier alpha value is -2.27. The fourth-order valence-corrected chi connectivity index (χ4v) is 3.99. The molecule has 2 aliphatic heterocycles. The van der Waals surface area contributed by atoms with Crippen LogP contribution in [0.1, 0.15) is 30.4 Å². The molecule has 1 amide bonds. The number of carbonyl (C=O) groups excluding carboxylic acids is 1. The molecule has 0 bridgehead atoms. The molecule has 0 atom stereocenters. The Morgan fingerprint density at radius 2 is 1.88 bits per heavy atom. The Morgan fingerprint density at radius 3 is 2.64 bits per heavy atom. The predicted octanol–water partition coefficient (Wildman–Crippen LogP) is 4.46. The quantitative estimate of drug-likeness (QED) is 0.734. The third kappa shape index (κ3) is 3.04. The molecule has 0 radical (unpaired) electrons. The molecule has 2 heterocycles. The number of nitrogens with zero attached hydrogens (tertiary/aromatic N) is 1. The number of carbonyl (C=O) groups is 1. The van der Waals surface area contributed by atoms with Crippen LogP contribution in [0.25, 0.3) is 11.3 Å². The van der Waals surface area contributed by atoms with Gasteiger partial charge in [-0.3, -0.25) is 4.79 Å². The number of amides is 1. The third-order valence-electron chi connectivity index (χ3n) is 4.75. The van der Waals surface area contributed by atoms with Crippen molar-refractivity contribution in [1.29, 1.82) is 0 Å². The number of rotatable bonds is 2. The van der Waals surface area contributed by atoms with E-state index in [1.165, 1.54) is 6.42 Å². The second-order valence-corrected chi connectivity index (χ2v) is 7.38. The maximum Gasteiger partial charge on any atom is 0.258 e. The molecule has 2 N–H and O–H groups in total. The lowest BCUT2D eigenvalue weighted by atomic mass is 9.97. The van der Waals surface area contributed by atoms with Crippen molar-refractivity contribution >= 4 is 38.8 Å². The number of hydrogen-bond donors (Lipinski definition) is 2. The van der Waals surface area contributed by atoms with Crippen LogP contribution in [-0.2, 0) is 4.79 Å². The molecular weight excluding hydrogens is 380 g/mol. The highest BCUT2D eigenvalue weighted by molar-refractivity contribution is 9.10. The zero-order valence-corrected chi connectivity index (χ0v) is 15.3. The number of hydrogen-bond acceptors (Lipinski definition) is 3. The molecule has 5 heteroatoms. The Labute approximate surface area is 155 Å². The maximum absolute atomic E-state index is 12.8. The molecule has 0 saturated carbocycles. The summed E-state index contributed by atoms with van der Waals surface area (Å²) in [7, 11) is 0. The van der Waals surface area contributed by atoms with Gasteiger partial charge in [0.2, 0.25) is 0 Å². The average molecular weight is 399 g/mol. The molecule has 0 spiro atoms. The minimum absolute atomic E-state index is 0.0861. The van der Waals surface area contributed by atoms with Gasteiger partial charge in [-0.1, -0.05) is 28.1 Å². The molecular formula is C20H19BrN2O2. The van der Waals surface area contributed by atoms with Gasteiger partial charge in [-0.05, 0) is 49.6 Å². The average Bonchev–Trinajstić information content (AvgIpc) is 2.92. The molecule has 4 rings (SSSR count). The van der Waals surface area contributed by atoms with Crippen molar-refractivity contribution in [2.75, 3.05) is 18.4 Å². The molecule has 2 aliphatic rings. The van der Waals surface area contributed by atoms with Gasteiger partial charge in [-0.15, -0.1) is 0 Å². The Bertz CT molecular complexity index is 870. The number of nitrogens with one attached hydrogen (secondary N) is 1. The first kappa shape index (κ1) is 16.2. The summed E-state index contributed by atoms with van der Waals surface area (Å²) in [5, 5.41) is 12.9. The third-order valence-corrected chi connectivity index (χ3v) is 5.25. The predicted molar refractivity (Wildman–Crippen MR) is 103 cm³/mol. The van der Waals surface area contributed by atoms with Crippen LogP contribution in [-0.4, -0.2) is 29.0 Å². The number of phenolic OH excluding ortho intramolecular Hbond substituents is 1. The van der Waals surface area contributed by atoms with Gasteiger partial charge in [0.15, 0.2) is 0 Å². The number of fused-ring (bicyclic) bond motifs is 1. The van der Waals surface area contributed by atoms with E-state index < -0.39 is 0 Å². The summed E-state index contributed by atoms with van der Waals surface area (Å²) in [5.74, 6) is 0.123. The molecule has 1 fully saturated rings. The van der Waals surface area contributed by atoms with Crippen molar-refractivity contribution in [3.05, 3.63) is 58.1 Å². The van der Waals surface area contributed by atoms with Gasteiger partial charge >= 0.3 is 0 Å². The Morgan fingerprint density at radius 1 is 1.08 bits per heavy atom. The van der Waals surface area contributed by atoms with E-state index in [0.29, 0.717) is 5.57 Å². The van der Waals surface area contributed by atoms with Crippen LogP contribution in [0, 0.1) is 0 Å². The minimum atomic E-state index is -0.0861. The van der Waals surface area contributed by atoms with Gasteiger partial charge in [0, 0.05) is 34.4 Å². The smallest absolute Gasteiger partial charge is 0.258 e. The fourth-order valence-electron chi connectivity index (χ4n) is 3.63. The van der Waals surface area contributed by atoms with Crippen molar-refractivity contribution < 1.29 is 9.90 Å². The molecule has 128 valence electrons. The van der Waals surface area contributed by atoms with Crippen LogP contribution in [0.2, 0.25) is 0 Å². The van der Waals surface area contributed by atoms with Gasteiger partial charge in [0.1, 0.15) is 5.75 Å². The van der Waals surface area contributed by atoms with Gasteiger partial charge in [-0.2, -0.15) is 0 Å². The van der Waals surface area contributed by atoms with E-state index in [2.05, 4.69) is 26.1 Å². The summed E-state index contributed by atoms with van der Waals surface area (Å²) in [6.45, 7) is 1.84. The summed E-state index contributed by atoms with van der Waals surface area (Å²) >= 11 is 3.51. The van der Waals surface area contributed by atoms with Crippen LogP contribution in [0.4, 0.5) is 5.69 Å². The first-order chi connectivity index (χ1) is 12.1. The van der Waals surface area contributed by atoms with Crippen LogP contribution in [0.15, 0.2) is 46.9 Å². The minimum Gasteiger partial charge on any atom is -0.508 e. The van der Waals surface area contributed by atoms with E-state index in [1.54, 1.807) is 12.1 Å². The molecule has 0 aliphatic carbocycles. The molecule has 2 aromatic carbocycles.